The summed E-state index contributed by atoms with van der Waals surface area (Å²) in [6, 6.07) is 0. The first-order valence-corrected chi connectivity index (χ1v) is 6.54. The van der Waals surface area contributed by atoms with Gasteiger partial charge in [0.15, 0.2) is 0 Å². The molecule has 0 aliphatic carbocycles. The molecule has 0 radical (unpaired) electrons. The Hall–Kier alpha value is -1.62. The van der Waals surface area contributed by atoms with Crippen molar-refractivity contribution in [2.75, 3.05) is 0 Å². The highest BCUT2D eigenvalue weighted by molar-refractivity contribution is 5.64. The average molecular weight is 261 g/mol. The standard InChI is InChI=1S/C14H23N5/c1-10-12(9-19(6)16-10)13-11(8-18(5)17-13)7-15-14(2,3)4/h8-9,15H,7H2,1-6H3. The Morgan fingerprint density at radius 1 is 1.11 bits per heavy atom. The molecule has 2 rings (SSSR count). The molecule has 5 heteroatoms. The molecule has 2 aromatic rings. The van der Waals surface area contributed by atoms with Crippen LogP contribution in [-0.2, 0) is 20.6 Å². The van der Waals surface area contributed by atoms with Gasteiger partial charge in [-0.15, -0.1) is 0 Å². The lowest BCUT2D eigenvalue weighted by atomic mass is 10.1. The van der Waals surface area contributed by atoms with Crippen LogP contribution in [0.1, 0.15) is 32.0 Å². The maximum atomic E-state index is 4.58. The second kappa shape index (κ2) is 4.81. The number of nitrogens with one attached hydrogen (secondary N) is 1. The van der Waals surface area contributed by atoms with Crippen LogP contribution in [-0.4, -0.2) is 25.1 Å². The molecule has 0 atom stereocenters. The van der Waals surface area contributed by atoms with Crippen molar-refractivity contribution in [1.82, 2.24) is 24.9 Å². The molecule has 0 saturated heterocycles. The first-order chi connectivity index (χ1) is 8.76. The lowest BCUT2D eigenvalue weighted by molar-refractivity contribution is 0.424. The Morgan fingerprint density at radius 2 is 1.74 bits per heavy atom. The van der Waals surface area contributed by atoms with Gasteiger partial charge < -0.3 is 5.32 Å². The van der Waals surface area contributed by atoms with E-state index in [-0.39, 0.29) is 5.54 Å². The maximum Gasteiger partial charge on any atom is 0.100 e. The van der Waals surface area contributed by atoms with E-state index >= 15 is 0 Å². The highest BCUT2D eigenvalue weighted by Gasteiger charge is 2.16. The summed E-state index contributed by atoms with van der Waals surface area (Å²) in [5, 5.41) is 12.5. The minimum absolute atomic E-state index is 0.0943. The summed E-state index contributed by atoms with van der Waals surface area (Å²) in [5.41, 5.74) is 4.43. The number of rotatable bonds is 3. The molecule has 2 heterocycles. The van der Waals surface area contributed by atoms with Crippen LogP contribution in [0.2, 0.25) is 0 Å². The average Bonchev–Trinajstić information content (AvgIpc) is 2.77. The third kappa shape index (κ3) is 3.23. The van der Waals surface area contributed by atoms with E-state index in [1.807, 2.05) is 36.6 Å². The molecule has 1 N–H and O–H groups in total. The molecule has 2 aromatic heterocycles. The van der Waals surface area contributed by atoms with Crippen molar-refractivity contribution >= 4 is 0 Å². The molecule has 5 nitrogen and oxygen atoms in total. The molecule has 19 heavy (non-hydrogen) atoms. The second-order valence-electron chi connectivity index (χ2n) is 6.08. The lowest BCUT2D eigenvalue weighted by Crippen LogP contribution is -2.35. The van der Waals surface area contributed by atoms with Gasteiger partial charge in [0.25, 0.3) is 0 Å². The normalized spacial score (nSPS) is 12.1. The van der Waals surface area contributed by atoms with Crippen LogP contribution in [0.15, 0.2) is 12.4 Å². The molecule has 0 unspecified atom stereocenters. The van der Waals surface area contributed by atoms with E-state index in [4.69, 9.17) is 0 Å². The van der Waals surface area contributed by atoms with Gasteiger partial charge in [-0.3, -0.25) is 9.36 Å². The fourth-order valence-electron chi connectivity index (χ4n) is 2.09. The van der Waals surface area contributed by atoms with E-state index in [0.29, 0.717) is 0 Å². The van der Waals surface area contributed by atoms with E-state index in [9.17, 15) is 0 Å². The van der Waals surface area contributed by atoms with Crippen LogP contribution in [0.3, 0.4) is 0 Å². The van der Waals surface area contributed by atoms with Gasteiger partial charge in [-0.25, -0.2) is 0 Å². The van der Waals surface area contributed by atoms with E-state index in [1.54, 1.807) is 0 Å². The largest absolute Gasteiger partial charge is 0.308 e. The third-order valence-electron chi connectivity index (χ3n) is 2.98. The van der Waals surface area contributed by atoms with Gasteiger partial charge >= 0.3 is 0 Å². The van der Waals surface area contributed by atoms with Crippen LogP contribution >= 0.6 is 0 Å². The predicted molar refractivity (Wildman–Crippen MR) is 76.7 cm³/mol. The van der Waals surface area contributed by atoms with Crippen molar-refractivity contribution in [3.8, 4) is 11.3 Å². The molecule has 0 amide bonds. The number of nitrogens with zero attached hydrogens (tertiary/aromatic N) is 4. The molecular formula is C14H23N5. The highest BCUT2D eigenvalue weighted by atomic mass is 15.3. The smallest absolute Gasteiger partial charge is 0.100 e. The third-order valence-corrected chi connectivity index (χ3v) is 2.98. The lowest BCUT2D eigenvalue weighted by Gasteiger charge is -2.20. The zero-order chi connectivity index (χ0) is 14.2. The first kappa shape index (κ1) is 13.8. The van der Waals surface area contributed by atoms with Crippen LogP contribution in [0.25, 0.3) is 11.3 Å². The van der Waals surface area contributed by atoms with Crippen LogP contribution in [0.5, 0.6) is 0 Å². The highest BCUT2D eigenvalue weighted by Crippen LogP contribution is 2.24. The number of aryl methyl sites for hydroxylation is 3. The Bertz CT molecular complexity index is 571. The van der Waals surface area contributed by atoms with Gasteiger partial charge in [0, 0.05) is 49.7 Å². The van der Waals surface area contributed by atoms with Gasteiger partial charge in [0.05, 0.1) is 5.69 Å². The van der Waals surface area contributed by atoms with E-state index in [2.05, 4.69) is 42.5 Å². The molecule has 0 saturated carbocycles. The Balaban J connectivity index is 2.33. The zero-order valence-electron chi connectivity index (χ0n) is 12.7. The van der Waals surface area contributed by atoms with Crippen molar-refractivity contribution in [2.24, 2.45) is 14.1 Å². The number of hydrogen-bond donors (Lipinski definition) is 1. The predicted octanol–water partition coefficient (Wildman–Crippen LogP) is 2.02. The number of hydrogen-bond acceptors (Lipinski definition) is 3. The van der Waals surface area contributed by atoms with E-state index in [0.717, 1.165) is 23.5 Å². The minimum Gasteiger partial charge on any atom is -0.308 e. The summed E-state index contributed by atoms with van der Waals surface area (Å²) in [7, 11) is 3.89. The van der Waals surface area contributed by atoms with Gasteiger partial charge in [-0.1, -0.05) is 0 Å². The minimum atomic E-state index is 0.0943. The first-order valence-electron chi connectivity index (χ1n) is 6.54. The fourth-order valence-corrected chi connectivity index (χ4v) is 2.09. The van der Waals surface area contributed by atoms with Crippen LogP contribution in [0, 0.1) is 6.92 Å². The van der Waals surface area contributed by atoms with Crippen LogP contribution in [0.4, 0.5) is 0 Å². The molecule has 0 aliphatic heterocycles. The summed E-state index contributed by atoms with van der Waals surface area (Å²) in [5.74, 6) is 0. The van der Waals surface area contributed by atoms with Crippen molar-refractivity contribution in [3.63, 3.8) is 0 Å². The molecule has 0 aliphatic rings. The topological polar surface area (TPSA) is 47.7 Å². The number of aromatic nitrogens is 4. The molecule has 0 spiro atoms. The van der Waals surface area contributed by atoms with Crippen molar-refractivity contribution in [2.45, 2.75) is 39.8 Å². The van der Waals surface area contributed by atoms with E-state index in [1.165, 1.54) is 5.56 Å². The summed E-state index contributed by atoms with van der Waals surface area (Å²) < 4.78 is 3.70. The van der Waals surface area contributed by atoms with Gasteiger partial charge in [0.1, 0.15) is 5.69 Å². The molecule has 0 fully saturated rings. The van der Waals surface area contributed by atoms with Gasteiger partial charge in [0.2, 0.25) is 0 Å². The fraction of sp³-hybridized carbons (Fsp3) is 0.571. The molecule has 0 bridgehead atoms. The van der Waals surface area contributed by atoms with Crippen molar-refractivity contribution < 1.29 is 0 Å². The quantitative estimate of drug-likeness (QED) is 0.919. The molecule has 0 aromatic carbocycles. The summed E-state index contributed by atoms with van der Waals surface area (Å²) in [4.78, 5) is 0. The van der Waals surface area contributed by atoms with Crippen LogP contribution < -0.4 is 5.32 Å². The zero-order valence-corrected chi connectivity index (χ0v) is 12.7. The second-order valence-corrected chi connectivity index (χ2v) is 6.08. The summed E-state index contributed by atoms with van der Waals surface area (Å²) >= 11 is 0. The van der Waals surface area contributed by atoms with E-state index < -0.39 is 0 Å². The summed E-state index contributed by atoms with van der Waals surface area (Å²) in [6.07, 6.45) is 4.10. The van der Waals surface area contributed by atoms with Gasteiger partial charge in [-0.2, -0.15) is 10.2 Å². The molecular weight excluding hydrogens is 238 g/mol. The SMILES string of the molecule is Cc1nn(C)cc1-c1nn(C)cc1CNC(C)(C)C. The monoisotopic (exact) mass is 261 g/mol. The Morgan fingerprint density at radius 3 is 2.26 bits per heavy atom. The Kier molecular flexibility index (Phi) is 3.49. The van der Waals surface area contributed by atoms with Crippen molar-refractivity contribution in [1.29, 1.82) is 0 Å². The summed E-state index contributed by atoms with van der Waals surface area (Å²) in [6.45, 7) is 9.32. The Labute approximate surface area is 114 Å². The van der Waals surface area contributed by atoms with Gasteiger partial charge in [-0.05, 0) is 27.7 Å². The maximum absolute atomic E-state index is 4.58. The van der Waals surface area contributed by atoms with Crippen molar-refractivity contribution in [3.05, 3.63) is 23.7 Å². The molecule has 104 valence electrons.